The summed E-state index contributed by atoms with van der Waals surface area (Å²) in [6, 6.07) is 0.0434. The Kier molecular flexibility index (Phi) is 3.63. The summed E-state index contributed by atoms with van der Waals surface area (Å²) < 4.78 is 4.88. The van der Waals surface area contributed by atoms with Gasteiger partial charge in [-0.3, -0.25) is 4.68 Å². The Bertz CT molecular complexity index is 482. The largest absolute Gasteiger partial charge is 0.336 e. The van der Waals surface area contributed by atoms with Crippen LogP contribution >= 0.6 is 15.9 Å². The highest BCUT2D eigenvalue weighted by molar-refractivity contribution is 9.10. The number of aryl methyl sites for hydroxylation is 2. The van der Waals surface area contributed by atoms with Crippen molar-refractivity contribution in [2.24, 2.45) is 14.1 Å². The number of halogens is 1. The number of aromatic nitrogens is 4. The predicted molar refractivity (Wildman–Crippen MR) is 69.6 cm³/mol. The van der Waals surface area contributed by atoms with Crippen LogP contribution in [0.2, 0.25) is 0 Å². The van der Waals surface area contributed by atoms with E-state index in [2.05, 4.69) is 38.3 Å². The molecule has 0 spiro atoms. The molecule has 2 aromatic rings. The van der Waals surface area contributed by atoms with Crippen molar-refractivity contribution in [2.45, 2.75) is 13.0 Å². The lowest BCUT2D eigenvalue weighted by atomic mass is 10.2. The van der Waals surface area contributed by atoms with Crippen molar-refractivity contribution >= 4 is 15.9 Å². The van der Waals surface area contributed by atoms with Crippen LogP contribution in [0.4, 0.5) is 0 Å². The standard InChI is InChI=1S/C11H16BrN5/c1-4-13-9(11-14-5-6-16(11)2)10-8(12)7-15-17(10)3/h5-7,9,13H,4H2,1-3H3. The molecule has 0 aliphatic heterocycles. The van der Waals surface area contributed by atoms with Gasteiger partial charge in [0.05, 0.1) is 16.4 Å². The molecule has 0 aromatic carbocycles. The Hall–Kier alpha value is -1.14. The molecule has 0 saturated heterocycles. The molecule has 0 radical (unpaired) electrons. The first-order chi connectivity index (χ1) is 8.15. The fourth-order valence-corrected chi connectivity index (χ4v) is 2.49. The van der Waals surface area contributed by atoms with Gasteiger partial charge in [0.2, 0.25) is 0 Å². The van der Waals surface area contributed by atoms with Gasteiger partial charge in [-0.2, -0.15) is 5.10 Å². The Morgan fingerprint density at radius 2 is 2.24 bits per heavy atom. The normalized spacial score (nSPS) is 12.9. The molecule has 0 saturated carbocycles. The molecule has 92 valence electrons. The van der Waals surface area contributed by atoms with Crippen LogP contribution in [-0.2, 0) is 14.1 Å². The van der Waals surface area contributed by atoms with Crippen molar-refractivity contribution in [1.29, 1.82) is 0 Å². The second kappa shape index (κ2) is 5.01. The highest BCUT2D eigenvalue weighted by atomic mass is 79.9. The van der Waals surface area contributed by atoms with Gasteiger partial charge in [-0.15, -0.1) is 0 Å². The number of rotatable bonds is 4. The molecular formula is C11H16BrN5. The average Bonchev–Trinajstić information content (AvgIpc) is 2.84. The summed E-state index contributed by atoms with van der Waals surface area (Å²) in [5.41, 5.74) is 1.08. The van der Waals surface area contributed by atoms with Gasteiger partial charge in [0, 0.05) is 26.5 Å². The fourth-order valence-electron chi connectivity index (χ4n) is 1.91. The molecule has 1 atom stereocenters. The van der Waals surface area contributed by atoms with E-state index in [0.717, 1.165) is 22.5 Å². The van der Waals surface area contributed by atoms with Gasteiger partial charge in [0.15, 0.2) is 0 Å². The van der Waals surface area contributed by atoms with Crippen LogP contribution in [0.25, 0.3) is 0 Å². The molecule has 0 amide bonds. The molecule has 2 rings (SSSR count). The minimum Gasteiger partial charge on any atom is -0.336 e. The van der Waals surface area contributed by atoms with Gasteiger partial charge < -0.3 is 9.88 Å². The smallest absolute Gasteiger partial charge is 0.131 e. The lowest BCUT2D eigenvalue weighted by Gasteiger charge is -2.18. The van der Waals surface area contributed by atoms with Gasteiger partial charge in [-0.05, 0) is 22.5 Å². The number of hydrogen-bond acceptors (Lipinski definition) is 3. The van der Waals surface area contributed by atoms with E-state index in [4.69, 9.17) is 0 Å². The van der Waals surface area contributed by atoms with Crippen molar-refractivity contribution in [1.82, 2.24) is 24.6 Å². The predicted octanol–water partition coefficient (Wildman–Crippen LogP) is 1.61. The van der Waals surface area contributed by atoms with E-state index in [-0.39, 0.29) is 6.04 Å². The molecule has 17 heavy (non-hydrogen) atoms. The number of imidazole rings is 1. The van der Waals surface area contributed by atoms with Gasteiger partial charge in [-0.25, -0.2) is 4.98 Å². The quantitative estimate of drug-likeness (QED) is 0.933. The van der Waals surface area contributed by atoms with Gasteiger partial charge in [0.25, 0.3) is 0 Å². The summed E-state index contributed by atoms with van der Waals surface area (Å²) in [4.78, 5) is 4.41. The summed E-state index contributed by atoms with van der Waals surface area (Å²) in [6.45, 7) is 2.95. The summed E-state index contributed by atoms with van der Waals surface area (Å²) in [5.74, 6) is 0.983. The van der Waals surface area contributed by atoms with Gasteiger partial charge in [-0.1, -0.05) is 6.92 Å². The molecule has 5 nitrogen and oxygen atoms in total. The first-order valence-corrected chi connectivity index (χ1v) is 6.32. The summed E-state index contributed by atoms with van der Waals surface area (Å²) >= 11 is 3.54. The monoisotopic (exact) mass is 297 g/mol. The van der Waals surface area contributed by atoms with Crippen molar-refractivity contribution in [3.63, 3.8) is 0 Å². The number of nitrogens with zero attached hydrogens (tertiary/aromatic N) is 4. The van der Waals surface area contributed by atoms with Crippen molar-refractivity contribution in [2.75, 3.05) is 6.54 Å². The zero-order valence-electron chi connectivity index (χ0n) is 10.2. The lowest BCUT2D eigenvalue weighted by molar-refractivity contribution is 0.533. The van der Waals surface area contributed by atoms with E-state index < -0.39 is 0 Å². The van der Waals surface area contributed by atoms with Gasteiger partial charge >= 0.3 is 0 Å². The van der Waals surface area contributed by atoms with E-state index >= 15 is 0 Å². The molecule has 2 heterocycles. The van der Waals surface area contributed by atoms with E-state index in [1.807, 2.05) is 41.9 Å². The van der Waals surface area contributed by atoms with Crippen LogP contribution in [0.5, 0.6) is 0 Å². The van der Waals surface area contributed by atoms with Crippen molar-refractivity contribution in [3.8, 4) is 0 Å². The minimum atomic E-state index is 0.0434. The summed E-state index contributed by atoms with van der Waals surface area (Å²) in [7, 11) is 3.93. The molecule has 0 aliphatic carbocycles. The molecule has 1 unspecified atom stereocenters. The zero-order chi connectivity index (χ0) is 12.4. The molecule has 6 heteroatoms. The maximum absolute atomic E-state index is 4.41. The molecular weight excluding hydrogens is 282 g/mol. The maximum atomic E-state index is 4.41. The number of nitrogens with one attached hydrogen (secondary N) is 1. The van der Waals surface area contributed by atoms with Crippen LogP contribution in [-0.4, -0.2) is 25.9 Å². The van der Waals surface area contributed by atoms with E-state index in [0.29, 0.717) is 0 Å². The second-order valence-corrected chi connectivity index (χ2v) is 4.74. The van der Waals surface area contributed by atoms with Crippen molar-refractivity contribution < 1.29 is 0 Å². The highest BCUT2D eigenvalue weighted by Gasteiger charge is 2.23. The summed E-state index contributed by atoms with van der Waals surface area (Å²) in [5, 5.41) is 7.69. The molecule has 2 aromatic heterocycles. The Balaban J connectivity index is 2.46. The number of hydrogen-bond donors (Lipinski definition) is 1. The third-order valence-electron chi connectivity index (χ3n) is 2.74. The summed E-state index contributed by atoms with van der Waals surface area (Å²) in [6.07, 6.45) is 5.57. The van der Waals surface area contributed by atoms with Crippen LogP contribution in [0.3, 0.4) is 0 Å². The molecule has 0 bridgehead atoms. The fraction of sp³-hybridized carbons (Fsp3) is 0.455. The molecule has 0 fully saturated rings. The van der Waals surface area contributed by atoms with Crippen molar-refractivity contribution in [3.05, 3.63) is 34.6 Å². The van der Waals surface area contributed by atoms with Gasteiger partial charge in [0.1, 0.15) is 11.9 Å². The minimum absolute atomic E-state index is 0.0434. The SMILES string of the molecule is CCNC(c1nccn1C)c1c(Br)cnn1C. The Labute approximate surface area is 109 Å². The van der Waals surface area contributed by atoms with Crippen LogP contribution < -0.4 is 5.32 Å². The third-order valence-corrected chi connectivity index (χ3v) is 3.35. The van der Waals surface area contributed by atoms with Crippen LogP contribution in [0.1, 0.15) is 24.5 Å². The van der Waals surface area contributed by atoms with Crippen LogP contribution in [0, 0.1) is 0 Å². The first-order valence-electron chi connectivity index (χ1n) is 5.53. The van der Waals surface area contributed by atoms with Crippen LogP contribution in [0.15, 0.2) is 23.1 Å². The first kappa shape index (κ1) is 12.3. The van der Waals surface area contributed by atoms with E-state index in [1.165, 1.54) is 0 Å². The third kappa shape index (κ3) is 2.28. The van der Waals surface area contributed by atoms with E-state index in [1.54, 1.807) is 0 Å². The zero-order valence-corrected chi connectivity index (χ0v) is 11.8. The maximum Gasteiger partial charge on any atom is 0.131 e. The second-order valence-electron chi connectivity index (χ2n) is 3.89. The van der Waals surface area contributed by atoms with E-state index in [9.17, 15) is 0 Å². The topological polar surface area (TPSA) is 47.7 Å². The lowest BCUT2D eigenvalue weighted by Crippen LogP contribution is -2.27. The Morgan fingerprint density at radius 3 is 2.71 bits per heavy atom. The molecule has 0 aliphatic rings. The Morgan fingerprint density at radius 1 is 1.47 bits per heavy atom. The molecule has 1 N–H and O–H groups in total. The average molecular weight is 298 g/mol. The highest BCUT2D eigenvalue weighted by Crippen LogP contribution is 2.26.